The molecule has 2 aliphatic heterocycles. The number of para-hydroxylation sites is 1. The Bertz CT molecular complexity index is 867. The minimum Gasteiger partial charge on any atom is -0.364 e. The number of fused-ring (bicyclic) bond motifs is 1. The molecule has 2 aromatic rings. The molecule has 2 heterocycles. The highest BCUT2D eigenvalue weighted by atomic mass is 16.5. The van der Waals surface area contributed by atoms with E-state index in [2.05, 4.69) is 11.4 Å². The second-order valence-electron chi connectivity index (χ2n) is 6.97. The van der Waals surface area contributed by atoms with Crippen LogP contribution in [0.3, 0.4) is 0 Å². The van der Waals surface area contributed by atoms with Gasteiger partial charge in [-0.2, -0.15) is 0 Å². The minimum atomic E-state index is -0.483. The Labute approximate surface area is 158 Å². The lowest BCUT2D eigenvalue weighted by Crippen LogP contribution is -2.30. The first-order valence-corrected chi connectivity index (χ1v) is 9.32. The van der Waals surface area contributed by atoms with Crippen molar-refractivity contribution in [1.82, 2.24) is 0 Å². The molecule has 2 amide bonds. The average Bonchev–Trinajstić information content (AvgIpc) is 3.35. The topological polar surface area (TPSA) is 84.7 Å². The van der Waals surface area contributed by atoms with Gasteiger partial charge in [0.25, 0.3) is 11.8 Å². The number of hydrogen-bond donors (Lipinski definition) is 2. The van der Waals surface area contributed by atoms with Gasteiger partial charge in [0.15, 0.2) is 0 Å². The van der Waals surface area contributed by atoms with E-state index in [0.717, 1.165) is 18.5 Å². The number of hydrogen-bond acceptors (Lipinski definition) is 4. The van der Waals surface area contributed by atoms with Crippen LogP contribution in [0.25, 0.3) is 0 Å². The van der Waals surface area contributed by atoms with E-state index >= 15 is 0 Å². The molecule has 2 atom stereocenters. The Hall–Kier alpha value is -2.70. The highest BCUT2D eigenvalue weighted by Crippen LogP contribution is 2.29. The first-order chi connectivity index (χ1) is 13.2. The van der Waals surface area contributed by atoms with Crippen LogP contribution in [0.5, 0.6) is 0 Å². The molecule has 6 heteroatoms. The van der Waals surface area contributed by atoms with E-state index in [0.29, 0.717) is 30.8 Å². The van der Waals surface area contributed by atoms with Gasteiger partial charge < -0.3 is 20.7 Å². The lowest BCUT2D eigenvalue weighted by molar-refractivity contribution is -0.126. The number of anilines is 2. The standard InChI is InChI=1S/C21H23N3O3/c22-13-17-8-9-19(27-17)20(25)23-16-6-3-5-15(12-16)21(26)24-11-10-14-4-1-2-7-18(14)24/h1-7,12,17,19H,8-11,13,22H2,(H,23,25)/t17-,19+/m1/s1. The van der Waals surface area contributed by atoms with Crippen LogP contribution in [-0.2, 0) is 16.0 Å². The van der Waals surface area contributed by atoms with Gasteiger partial charge in [-0.05, 0) is 49.1 Å². The quantitative estimate of drug-likeness (QED) is 0.871. The molecule has 0 unspecified atom stereocenters. The molecule has 0 spiro atoms. The highest BCUT2D eigenvalue weighted by Gasteiger charge is 2.30. The van der Waals surface area contributed by atoms with Crippen molar-refractivity contribution in [3.8, 4) is 0 Å². The lowest BCUT2D eigenvalue weighted by atomic mass is 10.1. The highest BCUT2D eigenvalue weighted by molar-refractivity contribution is 6.08. The van der Waals surface area contributed by atoms with Gasteiger partial charge in [-0.25, -0.2) is 0 Å². The number of nitrogens with zero attached hydrogens (tertiary/aromatic N) is 1. The molecule has 2 aliphatic rings. The maximum atomic E-state index is 13.0. The maximum absolute atomic E-state index is 13.0. The van der Waals surface area contributed by atoms with Crippen LogP contribution in [0.1, 0.15) is 28.8 Å². The van der Waals surface area contributed by atoms with E-state index < -0.39 is 6.10 Å². The lowest BCUT2D eigenvalue weighted by Gasteiger charge is -2.18. The summed E-state index contributed by atoms with van der Waals surface area (Å²) < 4.78 is 5.63. The van der Waals surface area contributed by atoms with E-state index in [1.165, 1.54) is 5.56 Å². The first-order valence-electron chi connectivity index (χ1n) is 9.32. The van der Waals surface area contributed by atoms with Crippen LogP contribution < -0.4 is 16.0 Å². The molecule has 4 rings (SSSR count). The predicted molar refractivity (Wildman–Crippen MR) is 104 cm³/mol. The van der Waals surface area contributed by atoms with Crippen LogP contribution in [0.15, 0.2) is 48.5 Å². The van der Waals surface area contributed by atoms with Gasteiger partial charge in [0.1, 0.15) is 6.10 Å². The molecule has 27 heavy (non-hydrogen) atoms. The molecule has 1 fully saturated rings. The van der Waals surface area contributed by atoms with Crippen LogP contribution >= 0.6 is 0 Å². The van der Waals surface area contributed by atoms with E-state index in [9.17, 15) is 9.59 Å². The molecule has 140 valence electrons. The Morgan fingerprint density at radius 3 is 2.81 bits per heavy atom. The zero-order valence-corrected chi connectivity index (χ0v) is 15.1. The van der Waals surface area contributed by atoms with Crippen molar-refractivity contribution in [2.45, 2.75) is 31.5 Å². The van der Waals surface area contributed by atoms with Crippen LogP contribution in [-0.4, -0.2) is 37.1 Å². The monoisotopic (exact) mass is 365 g/mol. The number of carbonyl (C=O) groups excluding carboxylic acids is 2. The fourth-order valence-corrected chi connectivity index (χ4v) is 3.73. The second kappa shape index (κ2) is 7.50. The Morgan fingerprint density at radius 1 is 1.15 bits per heavy atom. The third-order valence-corrected chi connectivity index (χ3v) is 5.17. The Balaban J connectivity index is 1.47. The third kappa shape index (κ3) is 3.59. The molecule has 6 nitrogen and oxygen atoms in total. The normalized spacial score (nSPS) is 21.1. The Morgan fingerprint density at radius 2 is 2.00 bits per heavy atom. The summed E-state index contributed by atoms with van der Waals surface area (Å²) in [4.78, 5) is 27.2. The molecule has 1 saturated heterocycles. The largest absolute Gasteiger partial charge is 0.364 e. The van der Waals surface area contributed by atoms with Crippen LogP contribution in [0.4, 0.5) is 11.4 Å². The van der Waals surface area contributed by atoms with Crippen molar-refractivity contribution in [2.75, 3.05) is 23.3 Å². The summed E-state index contributed by atoms with van der Waals surface area (Å²) in [6.07, 6.45) is 1.78. The number of benzene rings is 2. The molecule has 3 N–H and O–H groups in total. The van der Waals surface area contributed by atoms with E-state index in [1.54, 1.807) is 29.2 Å². The van der Waals surface area contributed by atoms with Gasteiger partial charge in [-0.3, -0.25) is 9.59 Å². The molecule has 2 aromatic carbocycles. The van der Waals surface area contributed by atoms with E-state index in [4.69, 9.17) is 10.5 Å². The smallest absolute Gasteiger partial charge is 0.258 e. The SMILES string of the molecule is NC[C@H]1CC[C@@H](C(=O)Nc2cccc(C(=O)N3CCc4ccccc43)c2)O1. The average molecular weight is 365 g/mol. The van der Waals surface area contributed by atoms with E-state index in [-0.39, 0.29) is 17.9 Å². The second-order valence-corrected chi connectivity index (χ2v) is 6.97. The summed E-state index contributed by atoms with van der Waals surface area (Å²) in [5, 5.41) is 2.86. The molecular formula is C21H23N3O3. The van der Waals surface area contributed by atoms with Crippen molar-refractivity contribution >= 4 is 23.2 Å². The fourth-order valence-electron chi connectivity index (χ4n) is 3.73. The zero-order chi connectivity index (χ0) is 18.8. The molecule has 0 saturated carbocycles. The van der Waals surface area contributed by atoms with Crippen molar-refractivity contribution in [3.63, 3.8) is 0 Å². The summed E-state index contributed by atoms with van der Waals surface area (Å²) in [6.45, 7) is 1.09. The Kier molecular flexibility index (Phi) is 4.92. The van der Waals surface area contributed by atoms with Gasteiger partial charge in [-0.1, -0.05) is 24.3 Å². The van der Waals surface area contributed by atoms with Crippen molar-refractivity contribution < 1.29 is 14.3 Å². The van der Waals surface area contributed by atoms with E-state index in [1.807, 2.05) is 18.2 Å². The predicted octanol–water partition coefficient (Wildman–Crippen LogP) is 2.33. The number of ether oxygens (including phenoxy) is 1. The van der Waals surface area contributed by atoms with Crippen LogP contribution in [0, 0.1) is 0 Å². The summed E-state index contributed by atoms with van der Waals surface area (Å²) >= 11 is 0. The van der Waals surface area contributed by atoms with Crippen molar-refractivity contribution in [3.05, 3.63) is 59.7 Å². The number of nitrogens with two attached hydrogens (primary N) is 1. The van der Waals surface area contributed by atoms with Gasteiger partial charge >= 0.3 is 0 Å². The third-order valence-electron chi connectivity index (χ3n) is 5.17. The van der Waals surface area contributed by atoms with Gasteiger partial charge in [0, 0.05) is 30.0 Å². The molecular weight excluding hydrogens is 342 g/mol. The number of carbonyl (C=O) groups is 2. The summed E-state index contributed by atoms with van der Waals surface area (Å²) in [7, 11) is 0. The van der Waals surface area contributed by atoms with Crippen molar-refractivity contribution in [1.29, 1.82) is 0 Å². The number of nitrogens with one attached hydrogen (secondary N) is 1. The minimum absolute atomic E-state index is 0.0519. The molecule has 0 radical (unpaired) electrons. The molecule has 0 aromatic heterocycles. The number of rotatable bonds is 4. The van der Waals surface area contributed by atoms with Gasteiger partial charge in [-0.15, -0.1) is 0 Å². The summed E-state index contributed by atoms with van der Waals surface area (Å²) in [5.41, 5.74) is 8.89. The van der Waals surface area contributed by atoms with Gasteiger partial charge in [0.2, 0.25) is 0 Å². The zero-order valence-electron chi connectivity index (χ0n) is 15.1. The van der Waals surface area contributed by atoms with Gasteiger partial charge in [0.05, 0.1) is 6.10 Å². The molecule has 0 bridgehead atoms. The van der Waals surface area contributed by atoms with Crippen molar-refractivity contribution in [2.24, 2.45) is 5.73 Å². The maximum Gasteiger partial charge on any atom is 0.258 e. The van der Waals surface area contributed by atoms with Crippen LogP contribution in [0.2, 0.25) is 0 Å². The summed E-state index contributed by atoms with van der Waals surface area (Å²) in [5.74, 6) is -0.251. The fraction of sp³-hybridized carbons (Fsp3) is 0.333. The number of amides is 2. The first kappa shape index (κ1) is 17.7. The summed E-state index contributed by atoms with van der Waals surface area (Å²) in [6, 6.07) is 15.0. The molecule has 0 aliphatic carbocycles.